The Labute approximate surface area is 173 Å². The molecule has 0 bridgehead atoms. The fourth-order valence-electron chi connectivity index (χ4n) is 2.55. The minimum atomic E-state index is 0.383. The Hall–Kier alpha value is -2.07. The summed E-state index contributed by atoms with van der Waals surface area (Å²) in [6.45, 7) is 0.899. The Balaban J connectivity index is 1.73. The quantitative estimate of drug-likeness (QED) is 0.452. The van der Waals surface area contributed by atoms with Gasteiger partial charge < -0.3 is 14.8 Å². The molecule has 0 unspecified atom stereocenters. The van der Waals surface area contributed by atoms with Crippen molar-refractivity contribution < 1.29 is 9.47 Å². The van der Waals surface area contributed by atoms with E-state index in [1.807, 2.05) is 54.6 Å². The maximum absolute atomic E-state index is 6.37. The zero-order valence-electron chi connectivity index (χ0n) is 14.6. The molecule has 3 nitrogen and oxygen atoms in total. The highest BCUT2D eigenvalue weighted by molar-refractivity contribution is 6.35. The van der Waals surface area contributed by atoms with E-state index in [2.05, 4.69) is 5.32 Å². The van der Waals surface area contributed by atoms with E-state index in [4.69, 9.17) is 44.3 Å². The number of nitrogens with one attached hydrogen (secondary N) is 1. The van der Waals surface area contributed by atoms with Gasteiger partial charge in [0, 0.05) is 27.8 Å². The number of rotatable bonds is 7. The average Bonchev–Trinajstić information content (AvgIpc) is 2.67. The van der Waals surface area contributed by atoms with Crippen LogP contribution in [0.3, 0.4) is 0 Å². The van der Waals surface area contributed by atoms with Crippen LogP contribution in [0.2, 0.25) is 15.1 Å². The lowest BCUT2D eigenvalue weighted by molar-refractivity contribution is 0.303. The summed E-state index contributed by atoms with van der Waals surface area (Å²) in [4.78, 5) is 0. The van der Waals surface area contributed by atoms with Gasteiger partial charge in [0.25, 0.3) is 0 Å². The lowest BCUT2D eigenvalue weighted by Gasteiger charge is -2.15. The molecule has 0 amide bonds. The molecule has 27 heavy (non-hydrogen) atoms. The SMILES string of the molecule is COc1ccc(NCc2cc(Cl)cc(Cl)c2OCc2ccc(Cl)cc2)cc1. The van der Waals surface area contributed by atoms with Crippen LogP contribution >= 0.6 is 34.8 Å². The molecule has 0 fully saturated rings. The van der Waals surface area contributed by atoms with Gasteiger partial charge in [-0.3, -0.25) is 0 Å². The Kier molecular flexibility index (Phi) is 6.73. The van der Waals surface area contributed by atoms with Crippen molar-refractivity contribution in [2.24, 2.45) is 0 Å². The van der Waals surface area contributed by atoms with Gasteiger partial charge in [-0.15, -0.1) is 0 Å². The molecule has 0 aliphatic rings. The monoisotopic (exact) mass is 421 g/mol. The van der Waals surface area contributed by atoms with E-state index in [-0.39, 0.29) is 0 Å². The third-order valence-corrected chi connectivity index (χ3v) is 4.71. The van der Waals surface area contributed by atoms with Crippen molar-refractivity contribution in [2.75, 3.05) is 12.4 Å². The van der Waals surface area contributed by atoms with Gasteiger partial charge in [0.05, 0.1) is 12.1 Å². The minimum Gasteiger partial charge on any atom is -0.497 e. The molecule has 3 aromatic carbocycles. The smallest absolute Gasteiger partial charge is 0.143 e. The van der Waals surface area contributed by atoms with Crippen molar-refractivity contribution in [2.45, 2.75) is 13.2 Å². The summed E-state index contributed by atoms with van der Waals surface area (Å²) in [5.74, 6) is 1.41. The summed E-state index contributed by atoms with van der Waals surface area (Å²) < 4.78 is 11.2. The molecular formula is C21H18Cl3NO2. The van der Waals surface area contributed by atoms with E-state index in [1.165, 1.54) is 0 Å². The highest BCUT2D eigenvalue weighted by Crippen LogP contribution is 2.33. The molecule has 0 aliphatic heterocycles. The molecule has 0 aliphatic carbocycles. The Morgan fingerprint density at radius 2 is 1.56 bits per heavy atom. The van der Waals surface area contributed by atoms with E-state index in [0.717, 1.165) is 22.6 Å². The van der Waals surface area contributed by atoms with E-state index in [1.54, 1.807) is 13.2 Å². The molecule has 1 N–H and O–H groups in total. The highest BCUT2D eigenvalue weighted by atomic mass is 35.5. The van der Waals surface area contributed by atoms with Crippen molar-refractivity contribution >= 4 is 40.5 Å². The summed E-state index contributed by atoms with van der Waals surface area (Å²) in [6, 6.07) is 18.7. The van der Waals surface area contributed by atoms with Gasteiger partial charge in [0.15, 0.2) is 0 Å². The molecule has 0 heterocycles. The van der Waals surface area contributed by atoms with Crippen molar-refractivity contribution in [1.29, 1.82) is 0 Å². The lowest BCUT2D eigenvalue weighted by Crippen LogP contribution is -2.04. The van der Waals surface area contributed by atoms with Gasteiger partial charge in [-0.1, -0.05) is 46.9 Å². The lowest BCUT2D eigenvalue weighted by atomic mass is 10.2. The molecule has 0 saturated carbocycles. The third kappa shape index (κ3) is 5.46. The molecule has 140 valence electrons. The standard InChI is InChI=1S/C21H18Cl3NO2/c1-26-19-8-6-18(7-9-19)25-12-15-10-17(23)11-20(24)21(15)27-13-14-2-4-16(22)5-3-14/h2-11,25H,12-13H2,1H3. The predicted molar refractivity (Wildman–Crippen MR) is 113 cm³/mol. The molecule has 0 saturated heterocycles. The molecule has 3 aromatic rings. The van der Waals surface area contributed by atoms with E-state index >= 15 is 0 Å². The fourth-order valence-corrected chi connectivity index (χ4v) is 3.27. The van der Waals surface area contributed by atoms with E-state index < -0.39 is 0 Å². The second kappa shape index (κ2) is 9.23. The number of ether oxygens (including phenoxy) is 2. The van der Waals surface area contributed by atoms with Gasteiger partial charge in [-0.25, -0.2) is 0 Å². The van der Waals surface area contributed by atoms with Crippen LogP contribution in [0.1, 0.15) is 11.1 Å². The molecule has 0 aromatic heterocycles. The molecule has 6 heteroatoms. The minimum absolute atomic E-state index is 0.383. The van der Waals surface area contributed by atoms with Gasteiger partial charge in [0.2, 0.25) is 0 Å². The summed E-state index contributed by atoms with van der Waals surface area (Å²) in [7, 11) is 1.64. The number of halogens is 3. The predicted octanol–water partition coefficient (Wildman–Crippen LogP) is 6.85. The first-order valence-corrected chi connectivity index (χ1v) is 9.41. The molecule has 0 atom stereocenters. The summed E-state index contributed by atoms with van der Waals surface area (Å²) in [6.07, 6.45) is 0. The first-order chi connectivity index (χ1) is 13.0. The summed E-state index contributed by atoms with van der Waals surface area (Å²) in [5.41, 5.74) is 2.83. The Morgan fingerprint density at radius 1 is 0.852 bits per heavy atom. The fraction of sp³-hybridized carbons (Fsp3) is 0.143. The van der Waals surface area contributed by atoms with Gasteiger partial charge in [-0.05, 0) is 54.1 Å². The topological polar surface area (TPSA) is 30.5 Å². The Bertz CT molecular complexity index is 897. The van der Waals surface area contributed by atoms with E-state index in [9.17, 15) is 0 Å². The van der Waals surface area contributed by atoms with Crippen LogP contribution in [0.4, 0.5) is 5.69 Å². The molecule has 0 spiro atoms. The van der Waals surface area contributed by atoms with Crippen molar-refractivity contribution in [3.63, 3.8) is 0 Å². The number of methoxy groups -OCH3 is 1. The number of hydrogen-bond donors (Lipinski definition) is 1. The first-order valence-electron chi connectivity index (χ1n) is 8.28. The zero-order valence-corrected chi connectivity index (χ0v) is 16.9. The zero-order chi connectivity index (χ0) is 19.2. The Morgan fingerprint density at radius 3 is 2.22 bits per heavy atom. The maximum atomic E-state index is 6.37. The second-order valence-electron chi connectivity index (χ2n) is 5.87. The van der Waals surface area contributed by atoms with Crippen molar-refractivity contribution in [3.05, 3.63) is 86.9 Å². The second-order valence-corrected chi connectivity index (χ2v) is 7.15. The van der Waals surface area contributed by atoms with Crippen LogP contribution in [0.25, 0.3) is 0 Å². The first kappa shape index (κ1) is 19.7. The van der Waals surface area contributed by atoms with Crippen molar-refractivity contribution in [3.8, 4) is 11.5 Å². The van der Waals surface area contributed by atoms with Crippen LogP contribution in [0, 0.1) is 0 Å². The summed E-state index contributed by atoms with van der Waals surface area (Å²) in [5, 5.41) is 5.07. The molecule has 0 radical (unpaired) electrons. The van der Waals surface area contributed by atoms with Gasteiger partial charge in [0.1, 0.15) is 18.1 Å². The molecule has 3 rings (SSSR count). The van der Waals surface area contributed by atoms with Crippen molar-refractivity contribution in [1.82, 2.24) is 0 Å². The largest absolute Gasteiger partial charge is 0.497 e. The van der Waals surface area contributed by atoms with Gasteiger partial charge in [-0.2, -0.15) is 0 Å². The van der Waals surface area contributed by atoms with Crippen LogP contribution in [-0.4, -0.2) is 7.11 Å². The molecular weight excluding hydrogens is 405 g/mol. The highest BCUT2D eigenvalue weighted by Gasteiger charge is 2.11. The number of anilines is 1. The van der Waals surface area contributed by atoms with Crippen LogP contribution < -0.4 is 14.8 Å². The number of benzene rings is 3. The van der Waals surface area contributed by atoms with Crippen LogP contribution in [0.5, 0.6) is 11.5 Å². The van der Waals surface area contributed by atoms with Crippen LogP contribution in [0.15, 0.2) is 60.7 Å². The van der Waals surface area contributed by atoms with Gasteiger partial charge >= 0.3 is 0 Å². The summed E-state index contributed by atoms with van der Waals surface area (Å²) >= 11 is 18.5. The van der Waals surface area contributed by atoms with E-state index in [0.29, 0.717) is 34.0 Å². The number of hydrogen-bond acceptors (Lipinski definition) is 3. The maximum Gasteiger partial charge on any atom is 0.143 e. The normalized spacial score (nSPS) is 10.5. The third-order valence-electron chi connectivity index (χ3n) is 3.95. The van der Waals surface area contributed by atoms with Crippen LogP contribution in [-0.2, 0) is 13.2 Å². The average molecular weight is 423 g/mol.